The number of benzene rings is 2. The van der Waals surface area contributed by atoms with E-state index in [1.807, 2.05) is 54.3 Å². The van der Waals surface area contributed by atoms with Gasteiger partial charge in [-0.1, -0.05) is 13.3 Å². The molecule has 0 aliphatic heterocycles. The molecule has 0 aliphatic carbocycles. The van der Waals surface area contributed by atoms with Crippen LogP contribution in [0.5, 0.6) is 5.75 Å². The number of unbranched alkanes of at least 4 members (excludes halogenated alkanes) is 1. The lowest BCUT2D eigenvalue weighted by Crippen LogP contribution is -2.10. The van der Waals surface area contributed by atoms with Crippen LogP contribution in [-0.2, 0) is 0 Å². The number of hydrogen-bond acceptors (Lipinski definition) is 4. The maximum Gasteiger partial charge on any atom is 0.119 e. The van der Waals surface area contributed by atoms with Gasteiger partial charge in [0, 0.05) is 16.5 Å². The van der Waals surface area contributed by atoms with Gasteiger partial charge >= 0.3 is 0 Å². The van der Waals surface area contributed by atoms with E-state index in [1.165, 1.54) is 0 Å². The van der Waals surface area contributed by atoms with Gasteiger partial charge in [0.1, 0.15) is 11.3 Å². The van der Waals surface area contributed by atoms with E-state index < -0.39 is 0 Å². The van der Waals surface area contributed by atoms with Gasteiger partial charge in [-0.3, -0.25) is 10.4 Å². The predicted molar refractivity (Wildman–Crippen MR) is 113 cm³/mol. The van der Waals surface area contributed by atoms with Crippen molar-refractivity contribution in [3.05, 3.63) is 60.4 Å². The van der Waals surface area contributed by atoms with Gasteiger partial charge in [0.2, 0.25) is 0 Å². The van der Waals surface area contributed by atoms with E-state index in [0.717, 1.165) is 58.4 Å². The molecule has 0 spiro atoms. The summed E-state index contributed by atoms with van der Waals surface area (Å²) in [6.07, 6.45) is 4.07. The Bertz CT molecular complexity index is 1040. The Hall–Kier alpha value is -2.79. The third-order valence-corrected chi connectivity index (χ3v) is 4.39. The van der Waals surface area contributed by atoms with Crippen LogP contribution >= 0.6 is 12.4 Å². The first-order chi connectivity index (χ1) is 12.7. The lowest BCUT2D eigenvalue weighted by Gasteiger charge is -2.10. The number of ether oxygens (including phenoxy) is 1. The first kappa shape index (κ1) is 19.0. The summed E-state index contributed by atoms with van der Waals surface area (Å²) in [4.78, 5) is 6.42. The van der Waals surface area contributed by atoms with Crippen molar-refractivity contribution in [3.8, 4) is 5.75 Å². The van der Waals surface area contributed by atoms with Crippen LogP contribution in [0, 0.1) is 6.92 Å². The lowest BCUT2D eigenvalue weighted by atomic mass is 10.1. The van der Waals surface area contributed by atoms with Gasteiger partial charge in [-0.05, 0) is 61.9 Å². The van der Waals surface area contributed by atoms with E-state index in [-0.39, 0.29) is 12.4 Å². The molecule has 0 saturated carbocycles. The predicted octanol–water partition coefficient (Wildman–Crippen LogP) is 5.37. The Kier molecular flexibility index (Phi) is 5.81. The second kappa shape index (κ2) is 8.27. The number of hydrogen-bond donors (Lipinski definition) is 1. The first-order valence-corrected chi connectivity index (χ1v) is 8.98. The summed E-state index contributed by atoms with van der Waals surface area (Å²) in [6, 6.07) is 16.2. The van der Waals surface area contributed by atoms with Crippen molar-refractivity contribution in [2.75, 3.05) is 12.0 Å². The zero-order valence-corrected chi connectivity index (χ0v) is 16.3. The van der Waals surface area contributed by atoms with Crippen LogP contribution in [-0.4, -0.2) is 21.5 Å². The van der Waals surface area contributed by atoms with Crippen molar-refractivity contribution < 1.29 is 4.74 Å². The average molecular weight is 383 g/mol. The Balaban J connectivity index is 0.00000210. The molecule has 1 N–H and O–H groups in total. The minimum atomic E-state index is 0. The summed E-state index contributed by atoms with van der Waals surface area (Å²) in [6.45, 7) is 4.92. The highest BCUT2D eigenvalue weighted by Gasteiger charge is 2.09. The van der Waals surface area contributed by atoms with Crippen molar-refractivity contribution in [1.29, 1.82) is 0 Å². The molecule has 4 rings (SSSR count). The maximum absolute atomic E-state index is 5.72. The number of halogens is 1. The van der Waals surface area contributed by atoms with Gasteiger partial charge in [-0.25, -0.2) is 0 Å². The van der Waals surface area contributed by atoms with Gasteiger partial charge in [0.05, 0.1) is 24.0 Å². The minimum Gasteiger partial charge on any atom is -0.494 e. The molecule has 27 heavy (non-hydrogen) atoms. The smallest absolute Gasteiger partial charge is 0.119 e. The molecule has 0 amide bonds. The number of fused-ring (bicyclic) bond motifs is 3. The van der Waals surface area contributed by atoms with Crippen LogP contribution in [0.4, 0.5) is 5.69 Å². The largest absolute Gasteiger partial charge is 0.494 e. The molecule has 0 radical (unpaired) electrons. The van der Waals surface area contributed by atoms with Crippen molar-refractivity contribution in [2.24, 2.45) is 0 Å². The summed E-state index contributed by atoms with van der Waals surface area (Å²) in [5, 5.41) is 6.65. The highest BCUT2D eigenvalue weighted by Crippen LogP contribution is 2.25. The quantitative estimate of drug-likeness (QED) is 0.455. The summed E-state index contributed by atoms with van der Waals surface area (Å²) in [5.41, 5.74) is 7.31. The molecular weight excluding hydrogens is 360 g/mol. The fourth-order valence-electron chi connectivity index (χ4n) is 2.99. The average Bonchev–Trinajstić information content (AvgIpc) is 3.06. The van der Waals surface area contributed by atoms with Crippen LogP contribution in [0.25, 0.3) is 21.8 Å². The standard InChI is InChI=1S/C21H22N4O.ClH/c1-3-4-13-26-18-9-7-17(8-10-18)24-25-21-16(14-22-25)6-12-20-19(21)11-5-15(2)23-20;/h5-12,14,24H,3-4,13H2,1-2H3;1H. The fraction of sp³-hybridized carbons (Fsp3) is 0.238. The molecule has 5 nitrogen and oxygen atoms in total. The van der Waals surface area contributed by atoms with Crippen molar-refractivity contribution in [3.63, 3.8) is 0 Å². The maximum atomic E-state index is 5.72. The zero-order chi connectivity index (χ0) is 17.9. The molecule has 0 saturated heterocycles. The number of aromatic nitrogens is 3. The Morgan fingerprint density at radius 3 is 2.63 bits per heavy atom. The third kappa shape index (κ3) is 3.98. The number of nitrogens with zero attached hydrogens (tertiary/aromatic N) is 3. The van der Waals surface area contributed by atoms with E-state index in [0.29, 0.717) is 0 Å². The Labute approximate surface area is 164 Å². The van der Waals surface area contributed by atoms with E-state index in [2.05, 4.69) is 34.6 Å². The Morgan fingerprint density at radius 2 is 1.85 bits per heavy atom. The normalized spacial score (nSPS) is 10.7. The topological polar surface area (TPSA) is 52.0 Å². The third-order valence-electron chi connectivity index (χ3n) is 4.39. The van der Waals surface area contributed by atoms with E-state index >= 15 is 0 Å². The van der Waals surface area contributed by atoms with Crippen LogP contribution in [0.1, 0.15) is 25.5 Å². The molecule has 6 heteroatoms. The van der Waals surface area contributed by atoms with Crippen molar-refractivity contribution in [1.82, 2.24) is 14.9 Å². The van der Waals surface area contributed by atoms with Crippen LogP contribution in [0.2, 0.25) is 0 Å². The van der Waals surface area contributed by atoms with E-state index in [4.69, 9.17) is 4.74 Å². The summed E-state index contributed by atoms with van der Waals surface area (Å²) in [5.74, 6) is 0.888. The van der Waals surface area contributed by atoms with E-state index in [9.17, 15) is 0 Å². The van der Waals surface area contributed by atoms with E-state index in [1.54, 1.807) is 0 Å². The molecular formula is C21H23ClN4O. The number of anilines is 1. The number of rotatable bonds is 6. The second-order valence-electron chi connectivity index (χ2n) is 6.42. The summed E-state index contributed by atoms with van der Waals surface area (Å²) in [7, 11) is 0. The van der Waals surface area contributed by atoms with Crippen LogP contribution < -0.4 is 10.2 Å². The number of nitrogens with one attached hydrogen (secondary N) is 1. The highest BCUT2D eigenvalue weighted by atomic mass is 35.5. The lowest BCUT2D eigenvalue weighted by molar-refractivity contribution is 0.309. The molecule has 0 unspecified atom stereocenters. The monoisotopic (exact) mass is 382 g/mol. The molecule has 0 bridgehead atoms. The molecule has 2 heterocycles. The number of aryl methyl sites for hydroxylation is 1. The van der Waals surface area contributed by atoms with Gasteiger partial charge in [0.25, 0.3) is 0 Å². The van der Waals surface area contributed by atoms with Gasteiger partial charge in [-0.2, -0.15) is 9.89 Å². The van der Waals surface area contributed by atoms with Crippen molar-refractivity contribution >= 4 is 39.9 Å². The Morgan fingerprint density at radius 1 is 1.04 bits per heavy atom. The minimum absolute atomic E-state index is 0. The van der Waals surface area contributed by atoms with Crippen LogP contribution in [0.3, 0.4) is 0 Å². The number of pyridine rings is 1. The molecule has 0 fully saturated rings. The summed E-state index contributed by atoms with van der Waals surface area (Å²) >= 11 is 0. The molecule has 2 aromatic heterocycles. The van der Waals surface area contributed by atoms with Gasteiger partial charge in [-0.15, -0.1) is 12.4 Å². The summed E-state index contributed by atoms with van der Waals surface area (Å²) < 4.78 is 5.72. The zero-order valence-electron chi connectivity index (χ0n) is 15.5. The molecule has 0 atom stereocenters. The molecule has 2 aromatic carbocycles. The fourth-order valence-corrected chi connectivity index (χ4v) is 2.99. The molecule has 4 aromatic rings. The van der Waals surface area contributed by atoms with Crippen LogP contribution in [0.15, 0.2) is 54.7 Å². The van der Waals surface area contributed by atoms with Crippen molar-refractivity contribution in [2.45, 2.75) is 26.7 Å². The second-order valence-corrected chi connectivity index (χ2v) is 6.42. The van der Waals surface area contributed by atoms with Gasteiger partial charge < -0.3 is 4.74 Å². The first-order valence-electron chi connectivity index (χ1n) is 8.98. The highest BCUT2D eigenvalue weighted by molar-refractivity contribution is 6.04. The van der Waals surface area contributed by atoms with Gasteiger partial charge in [0.15, 0.2) is 0 Å². The molecule has 140 valence electrons. The molecule has 0 aliphatic rings. The SMILES string of the molecule is CCCCOc1ccc(Nn2ncc3ccc4nc(C)ccc4c32)cc1.Cl.